The largest absolute Gasteiger partial charge is 0.384 e. The smallest absolute Gasteiger partial charge is 0.161 e. The number of hydrogen-bond donors (Lipinski definition) is 5. The molecule has 4 aromatic heterocycles. The zero-order chi connectivity index (χ0) is 31.9. The van der Waals surface area contributed by atoms with Crippen molar-refractivity contribution in [1.29, 1.82) is 0 Å². The van der Waals surface area contributed by atoms with Crippen LogP contribution in [0.5, 0.6) is 0 Å². The van der Waals surface area contributed by atoms with Gasteiger partial charge in [0.2, 0.25) is 0 Å². The van der Waals surface area contributed by atoms with Gasteiger partial charge in [-0.2, -0.15) is 5.10 Å². The quantitative estimate of drug-likeness (QED) is 0.121. The van der Waals surface area contributed by atoms with E-state index in [9.17, 15) is 9.50 Å². The molecule has 12 heteroatoms. The predicted molar refractivity (Wildman–Crippen MR) is 174 cm³/mol. The lowest BCUT2D eigenvalue weighted by atomic mass is 9.94. The maximum absolute atomic E-state index is 16.3. The first kappa shape index (κ1) is 30.1. The van der Waals surface area contributed by atoms with Crippen molar-refractivity contribution in [2.24, 2.45) is 5.41 Å². The molecule has 1 unspecified atom stereocenters. The fourth-order valence-corrected chi connectivity index (χ4v) is 5.03. The topological polar surface area (TPSA) is 131 Å². The summed E-state index contributed by atoms with van der Waals surface area (Å²) in [6.45, 7) is 7.18. The summed E-state index contributed by atoms with van der Waals surface area (Å²) in [6.07, 6.45) is 3.94. The molecular weight excluding hydrogens is 576 g/mol. The Morgan fingerprint density at radius 3 is 2.56 bits per heavy atom. The maximum atomic E-state index is 16.3. The third-order valence-electron chi connectivity index (χ3n) is 7.55. The van der Waals surface area contributed by atoms with E-state index in [0.717, 1.165) is 6.54 Å². The molecule has 4 heterocycles. The number of rotatable bonds is 9. The van der Waals surface area contributed by atoms with Crippen molar-refractivity contribution in [1.82, 2.24) is 35.0 Å². The Balaban J connectivity index is 1.38. The van der Waals surface area contributed by atoms with Crippen LogP contribution in [0.3, 0.4) is 0 Å². The minimum atomic E-state index is -0.827. The Morgan fingerprint density at radius 1 is 0.978 bits per heavy atom. The highest BCUT2D eigenvalue weighted by Gasteiger charge is 2.23. The summed E-state index contributed by atoms with van der Waals surface area (Å²) in [5, 5.41) is 24.3. The molecule has 0 saturated carbocycles. The SMILES string of the molecule is CN(C)CCNc1cc(F)cc(-c2ccnc3[nH]c(-c4n[nH]c5ccc(-c6cncc(NC(O)C(C)(C)C)c6)c(F)c45)nc23)c1. The summed E-state index contributed by atoms with van der Waals surface area (Å²) < 4.78 is 31.0. The van der Waals surface area contributed by atoms with Crippen LogP contribution in [-0.4, -0.2) is 73.6 Å². The lowest BCUT2D eigenvalue weighted by Crippen LogP contribution is -2.33. The molecule has 0 saturated heterocycles. The molecule has 0 bridgehead atoms. The van der Waals surface area contributed by atoms with Gasteiger partial charge in [0.15, 0.2) is 11.5 Å². The number of aliphatic hydroxyl groups excluding tert-OH is 1. The summed E-state index contributed by atoms with van der Waals surface area (Å²) >= 11 is 0. The summed E-state index contributed by atoms with van der Waals surface area (Å²) in [4.78, 5) is 18.7. The molecule has 0 aliphatic carbocycles. The number of aromatic nitrogens is 6. The zero-order valence-electron chi connectivity index (χ0n) is 25.7. The van der Waals surface area contributed by atoms with E-state index in [0.29, 0.717) is 62.7 Å². The molecule has 6 aromatic rings. The second-order valence-electron chi connectivity index (χ2n) is 12.4. The second kappa shape index (κ2) is 11.9. The van der Waals surface area contributed by atoms with Gasteiger partial charge in [-0.15, -0.1) is 0 Å². The van der Waals surface area contributed by atoms with Gasteiger partial charge < -0.3 is 25.6 Å². The van der Waals surface area contributed by atoms with Gasteiger partial charge in [-0.05, 0) is 62.1 Å². The van der Waals surface area contributed by atoms with Crippen molar-refractivity contribution in [2.45, 2.75) is 27.0 Å². The van der Waals surface area contributed by atoms with E-state index in [2.05, 4.69) is 35.8 Å². The van der Waals surface area contributed by atoms with E-state index in [1.165, 1.54) is 12.1 Å². The summed E-state index contributed by atoms with van der Waals surface area (Å²) in [5.74, 6) is -0.566. The maximum Gasteiger partial charge on any atom is 0.161 e. The lowest BCUT2D eigenvalue weighted by Gasteiger charge is -2.27. The summed E-state index contributed by atoms with van der Waals surface area (Å²) in [7, 11) is 3.95. The Morgan fingerprint density at radius 2 is 1.78 bits per heavy atom. The molecule has 2 aromatic carbocycles. The summed E-state index contributed by atoms with van der Waals surface area (Å²) in [5.41, 5.74) is 4.69. The van der Waals surface area contributed by atoms with Crippen LogP contribution in [0.2, 0.25) is 0 Å². The molecule has 6 rings (SSSR count). The number of pyridine rings is 2. The highest BCUT2D eigenvalue weighted by atomic mass is 19.1. The number of fused-ring (bicyclic) bond motifs is 2. The lowest BCUT2D eigenvalue weighted by molar-refractivity contribution is 0.0880. The highest BCUT2D eigenvalue weighted by molar-refractivity contribution is 5.98. The number of likely N-dealkylation sites (N-methyl/N-ethyl adjacent to an activating group) is 1. The van der Waals surface area contributed by atoms with Gasteiger partial charge in [-0.25, -0.2) is 18.7 Å². The average molecular weight is 612 g/mol. The van der Waals surface area contributed by atoms with Gasteiger partial charge in [-0.1, -0.05) is 20.8 Å². The van der Waals surface area contributed by atoms with Crippen LogP contribution in [0.4, 0.5) is 20.2 Å². The summed E-state index contributed by atoms with van der Waals surface area (Å²) in [6, 6.07) is 11.7. The van der Waals surface area contributed by atoms with Crippen molar-refractivity contribution in [3.63, 3.8) is 0 Å². The number of imidazole rings is 1. The number of anilines is 2. The van der Waals surface area contributed by atoms with Crippen LogP contribution < -0.4 is 10.6 Å². The fourth-order valence-electron chi connectivity index (χ4n) is 5.03. The molecule has 45 heavy (non-hydrogen) atoms. The Hall–Kier alpha value is -4.94. The van der Waals surface area contributed by atoms with Gasteiger partial charge in [0.1, 0.15) is 29.1 Å². The zero-order valence-corrected chi connectivity index (χ0v) is 25.7. The molecule has 10 nitrogen and oxygen atoms in total. The molecule has 232 valence electrons. The Kier molecular flexibility index (Phi) is 7.94. The molecule has 0 radical (unpaired) electrons. The first-order chi connectivity index (χ1) is 21.5. The second-order valence-corrected chi connectivity index (χ2v) is 12.4. The van der Waals surface area contributed by atoms with Gasteiger partial charge >= 0.3 is 0 Å². The number of nitrogens with zero attached hydrogens (tertiary/aromatic N) is 5. The highest BCUT2D eigenvalue weighted by Crippen LogP contribution is 2.36. The van der Waals surface area contributed by atoms with E-state index in [1.54, 1.807) is 42.9 Å². The van der Waals surface area contributed by atoms with E-state index < -0.39 is 17.5 Å². The molecule has 0 aliphatic rings. The van der Waals surface area contributed by atoms with Crippen LogP contribution >= 0.6 is 0 Å². The van der Waals surface area contributed by atoms with Crippen LogP contribution in [0.15, 0.2) is 61.1 Å². The Bertz CT molecular complexity index is 1990. The van der Waals surface area contributed by atoms with Crippen molar-refractivity contribution < 1.29 is 13.9 Å². The fraction of sp³-hybridized carbons (Fsp3) is 0.273. The molecule has 0 fully saturated rings. The van der Waals surface area contributed by atoms with E-state index in [1.807, 2.05) is 45.8 Å². The van der Waals surface area contributed by atoms with Crippen LogP contribution in [0.1, 0.15) is 20.8 Å². The molecule has 0 amide bonds. The molecule has 1 atom stereocenters. The third kappa shape index (κ3) is 6.19. The van der Waals surface area contributed by atoms with Gasteiger partial charge in [0, 0.05) is 53.3 Å². The first-order valence-corrected chi connectivity index (χ1v) is 14.6. The van der Waals surface area contributed by atoms with Crippen LogP contribution in [0, 0.1) is 17.0 Å². The number of aliphatic hydroxyl groups is 1. The normalized spacial score (nSPS) is 12.7. The van der Waals surface area contributed by atoms with Gasteiger partial charge in [-0.3, -0.25) is 10.1 Å². The molecule has 0 spiro atoms. The minimum absolute atomic E-state index is 0.249. The number of H-pyrrole nitrogens is 2. The van der Waals surface area contributed by atoms with Crippen LogP contribution in [0.25, 0.3) is 55.8 Å². The minimum Gasteiger partial charge on any atom is -0.384 e. The third-order valence-corrected chi connectivity index (χ3v) is 7.55. The molecule has 0 aliphatic heterocycles. The average Bonchev–Trinajstić information content (AvgIpc) is 3.61. The number of halogens is 2. The van der Waals surface area contributed by atoms with E-state index in [-0.39, 0.29) is 16.9 Å². The van der Waals surface area contributed by atoms with E-state index in [4.69, 9.17) is 4.98 Å². The number of benzene rings is 2. The van der Waals surface area contributed by atoms with Gasteiger partial charge in [0.05, 0.1) is 22.8 Å². The number of nitrogens with one attached hydrogen (secondary N) is 4. The standard InChI is InChI=1S/C33H35F2N9O/c1-33(2,3)32(45)39-22-14-19(16-36-17-22)23-6-7-25-26(27(23)35)29(43-42-25)31-40-28-24(8-9-38-30(28)41-31)18-12-20(34)15-21(13-18)37-10-11-44(4)5/h6-9,12-17,32,37,39,45H,10-11H2,1-5H3,(H,42,43)(H,38,40,41). The van der Waals surface area contributed by atoms with Crippen molar-refractivity contribution in [3.05, 3.63) is 72.7 Å². The van der Waals surface area contributed by atoms with E-state index >= 15 is 4.39 Å². The molecule has 5 N–H and O–H groups in total. The van der Waals surface area contributed by atoms with Gasteiger partial charge in [0.25, 0.3) is 0 Å². The van der Waals surface area contributed by atoms with Crippen molar-refractivity contribution >= 4 is 33.4 Å². The monoisotopic (exact) mass is 611 g/mol. The number of aromatic amines is 2. The predicted octanol–water partition coefficient (Wildman–Crippen LogP) is 6.26. The molecular formula is C33H35F2N9O. The first-order valence-electron chi connectivity index (χ1n) is 14.6. The van der Waals surface area contributed by atoms with Crippen molar-refractivity contribution in [2.75, 3.05) is 37.8 Å². The van der Waals surface area contributed by atoms with Crippen LogP contribution in [-0.2, 0) is 0 Å². The Labute approximate surface area is 259 Å². The van der Waals surface area contributed by atoms with Crippen molar-refractivity contribution in [3.8, 4) is 33.8 Å². The number of hydrogen-bond acceptors (Lipinski definition) is 8.